The molecule has 0 aromatic rings. The Morgan fingerprint density at radius 1 is 1.12 bits per heavy atom. The van der Waals surface area contributed by atoms with E-state index in [0.717, 1.165) is 10.2 Å². The Morgan fingerprint density at radius 2 is 1.59 bits per heavy atom. The molecule has 3 amide bonds. The number of hydrogen-bond acceptors (Lipinski definition) is 3. The standard InChI is InChI=1S/C8H12F3N3O3/c1-17-7(16)14-4-2-13(3-5-14)6(15)12-8(9,10)11/h2-5H2,1H3,(H,12,15). The van der Waals surface area contributed by atoms with Crippen molar-refractivity contribution in [3.63, 3.8) is 0 Å². The summed E-state index contributed by atoms with van der Waals surface area (Å²) in [6, 6.07) is -1.21. The highest BCUT2D eigenvalue weighted by Gasteiger charge is 2.33. The van der Waals surface area contributed by atoms with Gasteiger partial charge in [-0.15, -0.1) is 0 Å². The fourth-order valence-corrected chi connectivity index (χ4v) is 1.42. The average Bonchev–Trinajstić information content (AvgIpc) is 2.26. The van der Waals surface area contributed by atoms with Crippen LogP contribution in [0.5, 0.6) is 0 Å². The van der Waals surface area contributed by atoms with Crippen molar-refractivity contribution in [2.75, 3.05) is 33.3 Å². The zero-order valence-electron chi connectivity index (χ0n) is 9.08. The third-order valence-electron chi connectivity index (χ3n) is 2.25. The highest BCUT2D eigenvalue weighted by Crippen LogP contribution is 2.11. The summed E-state index contributed by atoms with van der Waals surface area (Å²) < 4.78 is 40.1. The van der Waals surface area contributed by atoms with Gasteiger partial charge in [-0.2, -0.15) is 13.2 Å². The highest BCUT2D eigenvalue weighted by atomic mass is 19.4. The zero-order valence-corrected chi connectivity index (χ0v) is 9.08. The molecular weight excluding hydrogens is 243 g/mol. The summed E-state index contributed by atoms with van der Waals surface area (Å²) in [4.78, 5) is 24.5. The highest BCUT2D eigenvalue weighted by molar-refractivity contribution is 5.75. The lowest BCUT2D eigenvalue weighted by Crippen LogP contribution is -2.55. The first-order valence-corrected chi connectivity index (χ1v) is 4.80. The molecule has 0 aliphatic carbocycles. The van der Waals surface area contributed by atoms with E-state index in [2.05, 4.69) is 4.74 Å². The molecule has 6 nitrogen and oxygen atoms in total. The normalized spacial score (nSPS) is 16.7. The lowest BCUT2D eigenvalue weighted by molar-refractivity contribution is -0.147. The van der Waals surface area contributed by atoms with E-state index in [-0.39, 0.29) is 26.2 Å². The Bertz CT molecular complexity index is 300. The molecule has 17 heavy (non-hydrogen) atoms. The number of nitrogens with one attached hydrogen (secondary N) is 1. The van der Waals surface area contributed by atoms with Gasteiger partial charge in [-0.3, -0.25) is 0 Å². The quantitative estimate of drug-likeness (QED) is 0.645. The summed E-state index contributed by atoms with van der Waals surface area (Å²) in [6.07, 6.45) is -5.29. The molecule has 1 aliphatic heterocycles. The number of nitrogens with zero attached hydrogens (tertiary/aromatic N) is 2. The van der Waals surface area contributed by atoms with E-state index in [9.17, 15) is 22.8 Å². The number of amides is 3. The fourth-order valence-electron chi connectivity index (χ4n) is 1.42. The second-order valence-corrected chi connectivity index (χ2v) is 3.37. The largest absolute Gasteiger partial charge is 0.485 e. The van der Waals surface area contributed by atoms with E-state index in [1.165, 1.54) is 12.0 Å². The number of piperazine rings is 1. The fraction of sp³-hybridized carbons (Fsp3) is 0.750. The molecule has 1 fully saturated rings. The maximum Gasteiger partial charge on any atom is 0.485 e. The lowest BCUT2D eigenvalue weighted by Gasteiger charge is -2.33. The molecule has 0 aromatic heterocycles. The molecule has 0 saturated carbocycles. The Balaban J connectivity index is 2.42. The van der Waals surface area contributed by atoms with Gasteiger partial charge in [0.15, 0.2) is 0 Å². The van der Waals surface area contributed by atoms with E-state index in [1.54, 1.807) is 0 Å². The van der Waals surface area contributed by atoms with Gasteiger partial charge in [0.1, 0.15) is 0 Å². The van der Waals surface area contributed by atoms with Gasteiger partial charge in [-0.1, -0.05) is 0 Å². The van der Waals surface area contributed by atoms with Crippen LogP contribution in [0.15, 0.2) is 0 Å². The van der Waals surface area contributed by atoms with E-state index in [0.29, 0.717) is 0 Å². The molecule has 1 saturated heterocycles. The molecule has 0 unspecified atom stereocenters. The third-order valence-corrected chi connectivity index (χ3v) is 2.25. The first-order chi connectivity index (χ1) is 7.83. The van der Waals surface area contributed by atoms with E-state index in [1.807, 2.05) is 0 Å². The number of halogens is 3. The van der Waals surface area contributed by atoms with Gasteiger partial charge in [-0.05, 0) is 0 Å². The van der Waals surface area contributed by atoms with Gasteiger partial charge in [0.2, 0.25) is 0 Å². The van der Waals surface area contributed by atoms with Crippen LogP contribution in [0.1, 0.15) is 0 Å². The van der Waals surface area contributed by atoms with Gasteiger partial charge in [0.25, 0.3) is 0 Å². The summed E-state index contributed by atoms with van der Waals surface area (Å²) in [7, 11) is 1.21. The molecular formula is C8H12F3N3O3. The Kier molecular flexibility index (Phi) is 4.02. The van der Waals surface area contributed by atoms with Crippen LogP contribution >= 0.6 is 0 Å². The molecule has 1 N–H and O–H groups in total. The number of urea groups is 1. The number of rotatable bonds is 0. The van der Waals surface area contributed by atoms with Crippen molar-refractivity contribution in [2.45, 2.75) is 6.30 Å². The first-order valence-electron chi connectivity index (χ1n) is 4.80. The second-order valence-electron chi connectivity index (χ2n) is 3.37. The minimum Gasteiger partial charge on any atom is -0.453 e. The Labute approximate surface area is 95.3 Å². The Morgan fingerprint density at radius 3 is 2.00 bits per heavy atom. The predicted octanol–water partition coefficient (Wildman–Crippen LogP) is 0.600. The van der Waals surface area contributed by atoms with Gasteiger partial charge >= 0.3 is 18.4 Å². The van der Waals surface area contributed by atoms with Crippen molar-refractivity contribution in [3.8, 4) is 0 Å². The SMILES string of the molecule is COC(=O)N1CCN(C(=O)NC(F)(F)F)CC1. The minimum atomic E-state index is -4.74. The van der Waals surface area contributed by atoms with E-state index < -0.39 is 18.4 Å². The molecule has 1 rings (SSSR count). The summed E-state index contributed by atoms with van der Waals surface area (Å²) in [5.41, 5.74) is 0. The molecule has 0 bridgehead atoms. The number of carbonyl (C=O) groups excluding carboxylic acids is 2. The monoisotopic (exact) mass is 255 g/mol. The minimum absolute atomic E-state index is 0.0387. The van der Waals surface area contributed by atoms with E-state index >= 15 is 0 Å². The summed E-state index contributed by atoms with van der Waals surface area (Å²) in [5.74, 6) is 0. The number of ether oxygens (including phenoxy) is 1. The van der Waals surface area contributed by atoms with Crippen LogP contribution in [0, 0.1) is 0 Å². The van der Waals surface area contributed by atoms with Crippen molar-refractivity contribution in [2.24, 2.45) is 0 Å². The van der Waals surface area contributed by atoms with Crippen molar-refractivity contribution in [3.05, 3.63) is 0 Å². The molecule has 1 aliphatic rings. The zero-order chi connectivity index (χ0) is 13.1. The summed E-state index contributed by atoms with van der Waals surface area (Å²) >= 11 is 0. The summed E-state index contributed by atoms with van der Waals surface area (Å²) in [6.45, 7) is 0.379. The number of hydrogen-bond donors (Lipinski definition) is 1. The van der Waals surface area contributed by atoms with Crippen LogP contribution in [-0.4, -0.2) is 61.5 Å². The smallest absolute Gasteiger partial charge is 0.453 e. The van der Waals surface area contributed by atoms with Gasteiger partial charge in [-0.25, -0.2) is 14.9 Å². The number of carbonyl (C=O) groups is 2. The van der Waals surface area contributed by atoms with Crippen LogP contribution < -0.4 is 5.32 Å². The van der Waals surface area contributed by atoms with Gasteiger partial charge < -0.3 is 14.5 Å². The molecule has 0 spiro atoms. The topological polar surface area (TPSA) is 61.9 Å². The van der Waals surface area contributed by atoms with Gasteiger partial charge in [0.05, 0.1) is 7.11 Å². The van der Waals surface area contributed by atoms with Gasteiger partial charge in [0, 0.05) is 26.2 Å². The third kappa shape index (κ3) is 4.00. The van der Waals surface area contributed by atoms with Crippen molar-refractivity contribution < 1.29 is 27.5 Å². The lowest BCUT2D eigenvalue weighted by atomic mass is 10.3. The molecule has 9 heteroatoms. The Hall–Kier alpha value is -1.67. The molecule has 0 aromatic carbocycles. The average molecular weight is 255 g/mol. The van der Waals surface area contributed by atoms with Crippen molar-refractivity contribution >= 4 is 12.1 Å². The molecule has 0 atom stereocenters. The number of methoxy groups -OCH3 is 1. The number of alkyl halides is 3. The van der Waals surface area contributed by atoms with Crippen molar-refractivity contribution in [1.29, 1.82) is 0 Å². The van der Waals surface area contributed by atoms with Crippen LogP contribution in [0.2, 0.25) is 0 Å². The maximum absolute atomic E-state index is 11.9. The predicted molar refractivity (Wildman–Crippen MR) is 50.1 cm³/mol. The molecule has 1 heterocycles. The molecule has 98 valence electrons. The van der Waals surface area contributed by atoms with Crippen LogP contribution in [-0.2, 0) is 4.74 Å². The first kappa shape index (κ1) is 13.4. The van der Waals surface area contributed by atoms with Crippen LogP contribution in [0.3, 0.4) is 0 Å². The molecule has 0 radical (unpaired) electrons. The van der Waals surface area contributed by atoms with Crippen LogP contribution in [0.25, 0.3) is 0 Å². The van der Waals surface area contributed by atoms with Crippen LogP contribution in [0.4, 0.5) is 22.8 Å². The van der Waals surface area contributed by atoms with E-state index in [4.69, 9.17) is 0 Å². The maximum atomic E-state index is 11.9. The summed E-state index contributed by atoms with van der Waals surface area (Å²) in [5, 5.41) is 0.899. The second kappa shape index (κ2) is 5.11. The van der Waals surface area contributed by atoms with Crippen molar-refractivity contribution in [1.82, 2.24) is 15.1 Å².